The smallest absolute Gasteiger partial charge is 0.278 e. The first kappa shape index (κ1) is 15.4. The van der Waals surface area contributed by atoms with E-state index in [0.29, 0.717) is 16.3 Å². The molecule has 0 aliphatic rings. The summed E-state index contributed by atoms with van der Waals surface area (Å²) in [7, 11) is 0. The van der Waals surface area contributed by atoms with Crippen LogP contribution in [-0.2, 0) is 6.18 Å². The maximum atomic E-state index is 12.6. The molecule has 21 heavy (non-hydrogen) atoms. The minimum atomic E-state index is -4.36. The van der Waals surface area contributed by atoms with Gasteiger partial charge in [0.25, 0.3) is 0 Å². The highest BCUT2D eigenvalue weighted by Gasteiger charge is 2.30. The standard InChI is InChI=1S/C15H12ClF3N2/c1-10-5-6-13(8-14(10)16)21-20-9-11-3-2-4-12(7-11)15(17,18)19/h2-9,21H,1H3/b20-9-. The van der Waals surface area contributed by atoms with Gasteiger partial charge in [-0.05, 0) is 42.3 Å². The number of rotatable bonds is 3. The van der Waals surface area contributed by atoms with Crippen molar-refractivity contribution in [3.05, 3.63) is 64.2 Å². The van der Waals surface area contributed by atoms with Crippen molar-refractivity contribution in [1.29, 1.82) is 0 Å². The highest BCUT2D eigenvalue weighted by atomic mass is 35.5. The van der Waals surface area contributed by atoms with Crippen molar-refractivity contribution in [3.8, 4) is 0 Å². The first-order valence-electron chi connectivity index (χ1n) is 6.09. The van der Waals surface area contributed by atoms with Crippen LogP contribution >= 0.6 is 11.6 Å². The minimum absolute atomic E-state index is 0.357. The third kappa shape index (κ3) is 4.23. The summed E-state index contributed by atoms with van der Waals surface area (Å²) in [6, 6.07) is 10.2. The Morgan fingerprint density at radius 3 is 2.57 bits per heavy atom. The van der Waals surface area contributed by atoms with Crippen molar-refractivity contribution < 1.29 is 13.2 Å². The summed E-state index contributed by atoms with van der Waals surface area (Å²) >= 11 is 5.96. The first-order chi connectivity index (χ1) is 9.86. The zero-order valence-corrected chi connectivity index (χ0v) is 11.8. The normalized spacial score (nSPS) is 11.9. The monoisotopic (exact) mass is 312 g/mol. The summed E-state index contributed by atoms with van der Waals surface area (Å²) in [4.78, 5) is 0. The quantitative estimate of drug-likeness (QED) is 0.618. The van der Waals surface area contributed by atoms with Crippen molar-refractivity contribution in [2.24, 2.45) is 5.10 Å². The van der Waals surface area contributed by atoms with Crippen LogP contribution in [0.4, 0.5) is 18.9 Å². The Morgan fingerprint density at radius 1 is 1.14 bits per heavy atom. The van der Waals surface area contributed by atoms with Gasteiger partial charge in [0.15, 0.2) is 0 Å². The van der Waals surface area contributed by atoms with E-state index in [0.717, 1.165) is 17.7 Å². The van der Waals surface area contributed by atoms with E-state index in [9.17, 15) is 13.2 Å². The van der Waals surface area contributed by atoms with Crippen LogP contribution in [0.3, 0.4) is 0 Å². The fourth-order valence-corrected chi connectivity index (χ4v) is 1.82. The Balaban J connectivity index is 2.09. The van der Waals surface area contributed by atoms with E-state index in [2.05, 4.69) is 10.5 Å². The number of hydrazone groups is 1. The van der Waals surface area contributed by atoms with E-state index in [1.165, 1.54) is 12.3 Å². The molecule has 0 spiro atoms. The van der Waals surface area contributed by atoms with Gasteiger partial charge in [-0.1, -0.05) is 29.8 Å². The van der Waals surface area contributed by atoms with Crippen LogP contribution in [0.2, 0.25) is 5.02 Å². The predicted molar refractivity (Wildman–Crippen MR) is 78.8 cm³/mol. The molecule has 0 fully saturated rings. The average Bonchev–Trinajstić information content (AvgIpc) is 2.42. The van der Waals surface area contributed by atoms with Crippen LogP contribution in [0.1, 0.15) is 16.7 Å². The molecule has 0 bridgehead atoms. The van der Waals surface area contributed by atoms with Crippen LogP contribution in [0, 0.1) is 6.92 Å². The van der Waals surface area contributed by atoms with E-state index in [1.807, 2.05) is 13.0 Å². The molecule has 2 aromatic carbocycles. The van der Waals surface area contributed by atoms with Gasteiger partial charge in [0, 0.05) is 5.02 Å². The van der Waals surface area contributed by atoms with Crippen LogP contribution in [0.5, 0.6) is 0 Å². The fraction of sp³-hybridized carbons (Fsp3) is 0.133. The molecule has 2 aromatic rings. The van der Waals surface area contributed by atoms with E-state index in [4.69, 9.17) is 11.6 Å². The average molecular weight is 313 g/mol. The number of nitrogens with one attached hydrogen (secondary N) is 1. The Hall–Kier alpha value is -2.01. The summed E-state index contributed by atoms with van der Waals surface area (Å²) in [5.74, 6) is 0. The van der Waals surface area contributed by atoms with Crippen molar-refractivity contribution in [2.45, 2.75) is 13.1 Å². The summed E-state index contributed by atoms with van der Waals surface area (Å²) in [6.45, 7) is 1.87. The molecule has 0 aliphatic carbocycles. The third-order valence-electron chi connectivity index (χ3n) is 2.79. The lowest BCUT2D eigenvalue weighted by atomic mass is 10.1. The lowest BCUT2D eigenvalue weighted by molar-refractivity contribution is -0.137. The number of nitrogens with zero attached hydrogens (tertiary/aromatic N) is 1. The van der Waals surface area contributed by atoms with Gasteiger partial charge in [-0.3, -0.25) is 5.43 Å². The van der Waals surface area contributed by atoms with Crippen LogP contribution in [-0.4, -0.2) is 6.21 Å². The van der Waals surface area contributed by atoms with E-state index >= 15 is 0 Å². The van der Waals surface area contributed by atoms with Crippen LogP contribution in [0.15, 0.2) is 47.6 Å². The molecular formula is C15H12ClF3N2. The van der Waals surface area contributed by atoms with Crippen LogP contribution in [0.25, 0.3) is 0 Å². The summed E-state index contributed by atoms with van der Waals surface area (Å²) in [5.41, 5.74) is 3.97. The van der Waals surface area contributed by atoms with E-state index in [-0.39, 0.29) is 0 Å². The molecule has 110 valence electrons. The summed E-state index contributed by atoms with van der Waals surface area (Å²) < 4.78 is 37.7. The summed E-state index contributed by atoms with van der Waals surface area (Å²) in [5, 5.41) is 4.50. The maximum absolute atomic E-state index is 12.6. The second-order valence-electron chi connectivity index (χ2n) is 4.46. The number of anilines is 1. The second-order valence-corrected chi connectivity index (χ2v) is 4.86. The van der Waals surface area contributed by atoms with Gasteiger partial charge in [0.05, 0.1) is 17.5 Å². The highest BCUT2D eigenvalue weighted by Crippen LogP contribution is 2.29. The van der Waals surface area contributed by atoms with Crippen LogP contribution < -0.4 is 5.43 Å². The zero-order chi connectivity index (χ0) is 15.5. The first-order valence-corrected chi connectivity index (χ1v) is 6.46. The molecule has 6 heteroatoms. The molecular weight excluding hydrogens is 301 g/mol. The molecule has 0 amide bonds. The molecule has 0 atom stereocenters. The van der Waals surface area contributed by atoms with Gasteiger partial charge >= 0.3 is 6.18 Å². The van der Waals surface area contributed by atoms with Gasteiger partial charge in [0.1, 0.15) is 0 Å². The molecule has 0 saturated heterocycles. The van der Waals surface area contributed by atoms with Crippen molar-refractivity contribution in [3.63, 3.8) is 0 Å². The lowest BCUT2D eigenvalue weighted by Gasteiger charge is -2.06. The molecule has 1 N–H and O–H groups in total. The zero-order valence-electron chi connectivity index (χ0n) is 11.1. The molecule has 2 rings (SSSR count). The molecule has 0 aliphatic heterocycles. The number of hydrogen-bond acceptors (Lipinski definition) is 2. The lowest BCUT2D eigenvalue weighted by Crippen LogP contribution is -2.05. The highest BCUT2D eigenvalue weighted by molar-refractivity contribution is 6.31. The van der Waals surface area contributed by atoms with Gasteiger partial charge < -0.3 is 0 Å². The van der Waals surface area contributed by atoms with Gasteiger partial charge in [0.2, 0.25) is 0 Å². The van der Waals surface area contributed by atoms with E-state index < -0.39 is 11.7 Å². The number of aryl methyl sites for hydroxylation is 1. The molecule has 0 unspecified atom stereocenters. The molecule has 0 aromatic heterocycles. The fourth-order valence-electron chi connectivity index (χ4n) is 1.64. The largest absolute Gasteiger partial charge is 0.416 e. The van der Waals surface area contributed by atoms with Gasteiger partial charge in [-0.2, -0.15) is 18.3 Å². The topological polar surface area (TPSA) is 24.4 Å². The number of halogens is 4. The Labute approximate surface area is 125 Å². The van der Waals surface area contributed by atoms with Crippen molar-refractivity contribution >= 4 is 23.5 Å². The Kier molecular flexibility index (Phi) is 4.53. The Morgan fingerprint density at radius 2 is 1.90 bits per heavy atom. The number of benzene rings is 2. The predicted octanol–water partition coefficient (Wildman–Crippen LogP) is 5.11. The van der Waals surface area contributed by atoms with E-state index in [1.54, 1.807) is 18.2 Å². The molecule has 0 saturated carbocycles. The SMILES string of the molecule is Cc1ccc(N/N=C\c2cccc(C(F)(F)F)c2)cc1Cl. The number of alkyl halides is 3. The molecule has 2 nitrogen and oxygen atoms in total. The molecule has 0 radical (unpaired) electrons. The Bertz CT molecular complexity index is 666. The van der Waals surface area contributed by atoms with Crippen molar-refractivity contribution in [2.75, 3.05) is 5.43 Å². The second kappa shape index (κ2) is 6.18. The van der Waals surface area contributed by atoms with Gasteiger partial charge in [-0.15, -0.1) is 0 Å². The van der Waals surface area contributed by atoms with Crippen molar-refractivity contribution in [1.82, 2.24) is 0 Å². The molecule has 0 heterocycles. The summed E-state index contributed by atoms with van der Waals surface area (Å²) in [6.07, 6.45) is -3.04. The van der Waals surface area contributed by atoms with Gasteiger partial charge in [-0.25, -0.2) is 0 Å². The third-order valence-corrected chi connectivity index (χ3v) is 3.20. The maximum Gasteiger partial charge on any atom is 0.416 e. The minimum Gasteiger partial charge on any atom is -0.278 e. The number of hydrogen-bond donors (Lipinski definition) is 1.